The van der Waals surface area contributed by atoms with E-state index < -0.39 is 0 Å². The maximum atomic E-state index is 5.10. The number of hydrogen-bond acceptors (Lipinski definition) is 3. The molecular weight excluding hydrogens is 262 g/mol. The molecule has 128 valence electrons. The Hall–Kier alpha value is -0.120. The number of methoxy groups -OCH3 is 1. The summed E-state index contributed by atoms with van der Waals surface area (Å²) in [6.45, 7) is 1.78. The minimum Gasteiger partial charge on any atom is -0.385 e. The van der Waals surface area contributed by atoms with Gasteiger partial charge < -0.3 is 9.57 Å². The second kappa shape index (κ2) is 19.9. The SMILES string of the molecule is CNOCCCCCCCCCCCCCCCCOC. The maximum Gasteiger partial charge on any atom is 0.0682 e. The molecule has 0 aromatic carbocycles. The molecule has 3 nitrogen and oxygen atoms in total. The van der Waals surface area contributed by atoms with Gasteiger partial charge in [0.05, 0.1) is 6.61 Å². The maximum absolute atomic E-state index is 5.10. The van der Waals surface area contributed by atoms with Gasteiger partial charge in [0.25, 0.3) is 0 Å². The summed E-state index contributed by atoms with van der Waals surface area (Å²) in [5.74, 6) is 0. The van der Waals surface area contributed by atoms with Gasteiger partial charge in [-0.3, -0.25) is 0 Å². The summed E-state index contributed by atoms with van der Waals surface area (Å²) in [5, 5.41) is 0. The van der Waals surface area contributed by atoms with E-state index in [0.717, 1.165) is 13.2 Å². The Labute approximate surface area is 133 Å². The fourth-order valence-electron chi connectivity index (χ4n) is 2.64. The zero-order valence-corrected chi connectivity index (χ0v) is 14.6. The fourth-order valence-corrected chi connectivity index (χ4v) is 2.64. The Morgan fingerprint density at radius 2 is 0.857 bits per heavy atom. The van der Waals surface area contributed by atoms with Crippen molar-refractivity contribution in [3.63, 3.8) is 0 Å². The average Bonchev–Trinajstić information content (AvgIpc) is 2.50. The van der Waals surface area contributed by atoms with Crippen molar-refractivity contribution in [3.8, 4) is 0 Å². The van der Waals surface area contributed by atoms with Crippen LogP contribution in [0.15, 0.2) is 0 Å². The molecule has 0 radical (unpaired) electrons. The van der Waals surface area contributed by atoms with Crippen molar-refractivity contribution >= 4 is 0 Å². The summed E-state index contributed by atoms with van der Waals surface area (Å²) in [6, 6.07) is 0. The van der Waals surface area contributed by atoms with E-state index in [0.29, 0.717) is 0 Å². The molecule has 0 amide bonds. The molecular formula is C18H39NO2. The molecule has 0 atom stereocenters. The van der Waals surface area contributed by atoms with Crippen LogP contribution in [-0.4, -0.2) is 27.4 Å². The predicted molar refractivity (Wildman–Crippen MR) is 91.5 cm³/mol. The van der Waals surface area contributed by atoms with Crippen molar-refractivity contribution in [3.05, 3.63) is 0 Å². The van der Waals surface area contributed by atoms with Crippen LogP contribution in [0.1, 0.15) is 89.9 Å². The highest BCUT2D eigenvalue weighted by molar-refractivity contribution is 4.49. The second-order valence-corrected chi connectivity index (χ2v) is 6.00. The molecule has 0 aliphatic carbocycles. The third-order valence-electron chi connectivity index (χ3n) is 3.99. The van der Waals surface area contributed by atoms with Gasteiger partial charge in [0.1, 0.15) is 0 Å². The van der Waals surface area contributed by atoms with Gasteiger partial charge in [0, 0.05) is 20.8 Å². The van der Waals surface area contributed by atoms with Crippen LogP contribution < -0.4 is 5.48 Å². The van der Waals surface area contributed by atoms with Crippen LogP contribution in [0.25, 0.3) is 0 Å². The summed E-state index contributed by atoms with van der Waals surface area (Å²) in [5.41, 5.74) is 2.71. The van der Waals surface area contributed by atoms with Crippen LogP contribution in [0, 0.1) is 0 Å². The lowest BCUT2D eigenvalue weighted by atomic mass is 10.0. The predicted octanol–water partition coefficient (Wildman–Crippen LogP) is 5.25. The third kappa shape index (κ3) is 19.9. The van der Waals surface area contributed by atoms with Gasteiger partial charge in [0.2, 0.25) is 0 Å². The molecule has 3 heteroatoms. The molecule has 0 aromatic heterocycles. The lowest BCUT2D eigenvalue weighted by molar-refractivity contribution is 0.0550. The van der Waals surface area contributed by atoms with Crippen molar-refractivity contribution in [1.82, 2.24) is 5.48 Å². The molecule has 1 N–H and O–H groups in total. The van der Waals surface area contributed by atoms with E-state index in [4.69, 9.17) is 9.57 Å². The number of nitrogens with one attached hydrogen (secondary N) is 1. The molecule has 0 rings (SSSR count). The topological polar surface area (TPSA) is 30.5 Å². The van der Waals surface area contributed by atoms with Crippen LogP contribution in [-0.2, 0) is 9.57 Å². The highest BCUT2D eigenvalue weighted by atomic mass is 16.6. The van der Waals surface area contributed by atoms with Crippen molar-refractivity contribution in [2.24, 2.45) is 0 Å². The smallest absolute Gasteiger partial charge is 0.0682 e. The Morgan fingerprint density at radius 1 is 0.524 bits per heavy atom. The second-order valence-electron chi connectivity index (χ2n) is 6.00. The van der Waals surface area contributed by atoms with Crippen LogP contribution in [0.2, 0.25) is 0 Å². The van der Waals surface area contributed by atoms with E-state index in [1.165, 1.54) is 89.9 Å². The Bertz CT molecular complexity index is 159. The van der Waals surface area contributed by atoms with Gasteiger partial charge in [-0.25, -0.2) is 5.48 Å². The van der Waals surface area contributed by atoms with Crippen molar-refractivity contribution < 1.29 is 9.57 Å². The molecule has 0 unspecified atom stereocenters. The highest BCUT2D eigenvalue weighted by Gasteiger charge is 1.94. The number of unbranched alkanes of at least 4 members (excludes halogenated alkanes) is 13. The zero-order chi connectivity index (χ0) is 15.4. The first-order valence-electron chi connectivity index (χ1n) is 9.19. The largest absolute Gasteiger partial charge is 0.385 e. The van der Waals surface area contributed by atoms with Crippen molar-refractivity contribution in [2.45, 2.75) is 89.9 Å². The number of hydrogen-bond donors (Lipinski definition) is 1. The Balaban J connectivity index is 2.90. The minimum atomic E-state index is 0.849. The van der Waals surface area contributed by atoms with E-state index in [1.807, 2.05) is 7.05 Å². The molecule has 0 aliphatic rings. The van der Waals surface area contributed by atoms with Crippen LogP contribution >= 0.6 is 0 Å². The molecule has 0 aliphatic heterocycles. The van der Waals surface area contributed by atoms with Gasteiger partial charge in [-0.15, -0.1) is 0 Å². The summed E-state index contributed by atoms with van der Waals surface area (Å²) < 4.78 is 5.06. The normalized spacial score (nSPS) is 11.1. The molecule has 21 heavy (non-hydrogen) atoms. The molecule has 0 fully saturated rings. The van der Waals surface area contributed by atoms with Crippen LogP contribution in [0.5, 0.6) is 0 Å². The zero-order valence-electron chi connectivity index (χ0n) is 14.6. The van der Waals surface area contributed by atoms with Gasteiger partial charge in [-0.2, -0.15) is 0 Å². The molecule has 0 aromatic rings. The summed E-state index contributed by atoms with van der Waals surface area (Å²) in [4.78, 5) is 5.10. The van der Waals surface area contributed by atoms with Crippen LogP contribution in [0.4, 0.5) is 0 Å². The molecule has 0 saturated carbocycles. The highest BCUT2D eigenvalue weighted by Crippen LogP contribution is 2.12. The van der Waals surface area contributed by atoms with E-state index in [-0.39, 0.29) is 0 Å². The van der Waals surface area contributed by atoms with Crippen molar-refractivity contribution in [1.29, 1.82) is 0 Å². The molecule has 0 spiro atoms. The van der Waals surface area contributed by atoms with E-state index in [1.54, 1.807) is 7.11 Å². The summed E-state index contributed by atoms with van der Waals surface area (Å²) in [7, 11) is 3.61. The Kier molecular flexibility index (Phi) is 19.8. The minimum absolute atomic E-state index is 0.849. The van der Waals surface area contributed by atoms with Gasteiger partial charge in [0.15, 0.2) is 0 Å². The number of ether oxygens (including phenoxy) is 1. The van der Waals surface area contributed by atoms with E-state index in [2.05, 4.69) is 5.48 Å². The number of rotatable bonds is 18. The lowest BCUT2D eigenvalue weighted by Crippen LogP contribution is -2.07. The molecule has 0 heterocycles. The van der Waals surface area contributed by atoms with Crippen molar-refractivity contribution in [2.75, 3.05) is 27.4 Å². The lowest BCUT2D eigenvalue weighted by Gasteiger charge is -2.04. The van der Waals surface area contributed by atoms with Gasteiger partial charge in [-0.05, 0) is 12.8 Å². The van der Waals surface area contributed by atoms with Gasteiger partial charge >= 0.3 is 0 Å². The van der Waals surface area contributed by atoms with E-state index >= 15 is 0 Å². The summed E-state index contributed by atoms with van der Waals surface area (Å²) >= 11 is 0. The average molecular weight is 302 g/mol. The first-order valence-corrected chi connectivity index (χ1v) is 9.19. The number of hydroxylamine groups is 1. The monoisotopic (exact) mass is 301 g/mol. The quantitative estimate of drug-likeness (QED) is 0.277. The van der Waals surface area contributed by atoms with Gasteiger partial charge in [-0.1, -0.05) is 77.0 Å². The molecule has 0 saturated heterocycles. The van der Waals surface area contributed by atoms with E-state index in [9.17, 15) is 0 Å². The van der Waals surface area contributed by atoms with Crippen LogP contribution in [0.3, 0.4) is 0 Å². The standard InChI is InChI=1S/C18H39NO2/c1-19-21-18-16-14-12-10-8-6-4-3-5-7-9-11-13-15-17-20-2/h19H,3-18H2,1-2H3. The first-order chi connectivity index (χ1) is 10.4. The first kappa shape index (κ1) is 20.9. The molecule has 0 bridgehead atoms. The Morgan fingerprint density at radius 3 is 1.19 bits per heavy atom. The third-order valence-corrected chi connectivity index (χ3v) is 3.99. The summed E-state index contributed by atoms with van der Waals surface area (Å²) in [6.07, 6.45) is 19.2. The fraction of sp³-hybridized carbons (Fsp3) is 1.00.